The molecule has 3 nitrogen and oxygen atoms in total. The molecule has 0 saturated carbocycles. The Morgan fingerprint density at radius 1 is 1.09 bits per heavy atom. The predicted molar refractivity (Wildman–Crippen MR) is 83.7 cm³/mol. The van der Waals surface area contributed by atoms with Crippen molar-refractivity contribution in [3.05, 3.63) is 65.7 Å². The van der Waals surface area contributed by atoms with Crippen LogP contribution in [0.4, 0.5) is 23.2 Å². The van der Waals surface area contributed by atoms with Gasteiger partial charge in [-0.3, -0.25) is 0 Å². The van der Waals surface area contributed by atoms with Crippen LogP contribution in [0, 0.1) is 0 Å². The van der Waals surface area contributed by atoms with Gasteiger partial charge in [0, 0.05) is 0 Å². The van der Waals surface area contributed by atoms with Gasteiger partial charge in [-0.2, -0.15) is 13.2 Å². The second kappa shape index (κ2) is 7.47. The van der Waals surface area contributed by atoms with E-state index in [-0.39, 0.29) is 10.9 Å². The lowest BCUT2D eigenvalue weighted by Crippen LogP contribution is -2.28. The molecule has 0 aliphatic rings. The van der Waals surface area contributed by atoms with Crippen LogP contribution in [0.5, 0.6) is 0 Å². The van der Waals surface area contributed by atoms with Crippen molar-refractivity contribution in [2.75, 3.05) is 0 Å². The second-order valence-electron chi connectivity index (χ2n) is 4.45. The number of hydrogen-bond donors (Lipinski definition) is 2. The standard InChI is InChI=1S/C15H13F4N3S/c16-13(10-5-2-1-3-6-10)23-14(22-20)21-12-8-4-7-11(9-12)15(17,18)19/h1-9,13H,20H2,(H,21,22). The van der Waals surface area contributed by atoms with Crippen LogP contribution in [0.25, 0.3) is 0 Å². The highest BCUT2D eigenvalue weighted by molar-refractivity contribution is 8.13. The quantitative estimate of drug-likeness (QED) is 0.282. The predicted octanol–water partition coefficient (Wildman–Crippen LogP) is 4.56. The first-order chi connectivity index (χ1) is 10.9. The molecule has 3 N–H and O–H groups in total. The first-order valence-corrected chi connectivity index (χ1v) is 7.36. The minimum atomic E-state index is -4.47. The second-order valence-corrected chi connectivity index (χ2v) is 5.49. The van der Waals surface area contributed by atoms with Gasteiger partial charge in [-0.1, -0.05) is 36.4 Å². The maximum atomic E-state index is 14.2. The zero-order valence-corrected chi connectivity index (χ0v) is 12.5. The molecule has 2 aromatic rings. The molecule has 2 aromatic carbocycles. The Morgan fingerprint density at radius 3 is 2.39 bits per heavy atom. The molecule has 0 saturated heterocycles. The van der Waals surface area contributed by atoms with Crippen molar-refractivity contribution >= 4 is 22.6 Å². The van der Waals surface area contributed by atoms with Crippen molar-refractivity contribution in [3.63, 3.8) is 0 Å². The number of nitrogens with two attached hydrogens (primary N) is 1. The van der Waals surface area contributed by atoms with Crippen molar-refractivity contribution < 1.29 is 17.6 Å². The summed E-state index contributed by atoms with van der Waals surface area (Å²) in [6.07, 6.45) is -4.47. The van der Waals surface area contributed by atoms with Gasteiger partial charge in [0.1, 0.15) is 0 Å². The zero-order chi connectivity index (χ0) is 16.9. The fraction of sp³-hybridized carbons (Fsp3) is 0.133. The average Bonchev–Trinajstić information content (AvgIpc) is 2.54. The van der Waals surface area contributed by atoms with Crippen molar-refractivity contribution in [3.8, 4) is 0 Å². The number of amidine groups is 1. The molecule has 0 aliphatic heterocycles. The number of rotatable bonds is 3. The molecular weight excluding hydrogens is 330 g/mol. The fourth-order valence-corrected chi connectivity index (χ4v) is 2.45. The summed E-state index contributed by atoms with van der Waals surface area (Å²) in [5.41, 5.74) is 0.356. The van der Waals surface area contributed by atoms with E-state index in [1.165, 1.54) is 12.1 Å². The highest BCUT2D eigenvalue weighted by Crippen LogP contribution is 2.33. The summed E-state index contributed by atoms with van der Waals surface area (Å²) < 4.78 is 52.1. The van der Waals surface area contributed by atoms with E-state index in [0.29, 0.717) is 17.3 Å². The summed E-state index contributed by atoms with van der Waals surface area (Å²) in [6, 6.07) is 12.7. The number of hydrogen-bond acceptors (Lipinski definition) is 3. The first kappa shape index (κ1) is 17.3. The normalized spacial score (nSPS) is 13.7. The van der Waals surface area contributed by atoms with Gasteiger partial charge in [0.15, 0.2) is 10.7 Å². The number of alkyl halides is 4. The largest absolute Gasteiger partial charge is 0.416 e. The topological polar surface area (TPSA) is 50.4 Å². The number of halogens is 4. The van der Waals surface area contributed by atoms with E-state index in [1.807, 2.05) is 0 Å². The Bertz CT molecular complexity index is 674. The van der Waals surface area contributed by atoms with E-state index in [1.54, 1.807) is 30.3 Å². The zero-order valence-electron chi connectivity index (χ0n) is 11.7. The molecule has 0 aliphatic carbocycles. The highest BCUT2D eigenvalue weighted by Gasteiger charge is 2.30. The van der Waals surface area contributed by atoms with Gasteiger partial charge in [-0.15, -0.1) is 0 Å². The molecule has 8 heteroatoms. The van der Waals surface area contributed by atoms with Gasteiger partial charge in [0.05, 0.1) is 11.3 Å². The van der Waals surface area contributed by atoms with E-state index < -0.39 is 17.2 Å². The third kappa shape index (κ3) is 4.97. The van der Waals surface area contributed by atoms with E-state index >= 15 is 0 Å². The van der Waals surface area contributed by atoms with E-state index in [0.717, 1.165) is 12.1 Å². The van der Waals surface area contributed by atoms with Crippen LogP contribution in [-0.2, 0) is 6.18 Å². The lowest BCUT2D eigenvalue weighted by molar-refractivity contribution is -0.137. The Kier molecular flexibility index (Phi) is 5.62. The Labute approximate surface area is 134 Å². The fourth-order valence-electron chi connectivity index (χ4n) is 1.73. The van der Waals surface area contributed by atoms with E-state index in [2.05, 4.69) is 10.4 Å². The molecule has 1 unspecified atom stereocenters. The van der Waals surface area contributed by atoms with Gasteiger partial charge in [-0.25, -0.2) is 15.2 Å². The Balaban J connectivity index is 2.19. The monoisotopic (exact) mass is 343 g/mol. The van der Waals surface area contributed by atoms with E-state index in [9.17, 15) is 17.6 Å². The molecule has 23 heavy (non-hydrogen) atoms. The molecule has 2 rings (SSSR count). The minimum Gasteiger partial charge on any atom is -0.303 e. The van der Waals surface area contributed by atoms with E-state index in [4.69, 9.17) is 5.84 Å². The van der Waals surface area contributed by atoms with Crippen LogP contribution in [0.15, 0.2) is 59.6 Å². The number of benzene rings is 2. The van der Waals surface area contributed by atoms with Crippen molar-refractivity contribution in [2.45, 2.75) is 11.7 Å². The summed E-state index contributed by atoms with van der Waals surface area (Å²) in [7, 11) is 0. The molecule has 0 fully saturated rings. The number of nitrogens with zero attached hydrogens (tertiary/aromatic N) is 1. The Morgan fingerprint density at radius 2 is 1.78 bits per heavy atom. The van der Waals surface area contributed by atoms with Gasteiger partial charge in [-0.05, 0) is 35.5 Å². The Hall–Kier alpha value is -2.06. The molecule has 0 bridgehead atoms. The number of aliphatic imine (C=N–C) groups is 1. The van der Waals surface area contributed by atoms with Gasteiger partial charge in [0.25, 0.3) is 0 Å². The van der Waals surface area contributed by atoms with Crippen LogP contribution in [0.3, 0.4) is 0 Å². The third-order valence-electron chi connectivity index (χ3n) is 2.80. The number of nitrogens with one attached hydrogen (secondary N) is 1. The molecular formula is C15H13F4N3S. The first-order valence-electron chi connectivity index (χ1n) is 6.48. The molecule has 0 spiro atoms. The van der Waals surface area contributed by atoms with Crippen LogP contribution >= 0.6 is 11.8 Å². The summed E-state index contributed by atoms with van der Waals surface area (Å²) in [4.78, 5) is 3.92. The van der Waals surface area contributed by atoms with Crippen molar-refractivity contribution in [1.29, 1.82) is 0 Å². The summed E-state index contributed by atoms with van der Waals surface area (Å²) >= 11 is 0.672. The van der Waals surface area contributed by atoms with Crippen LogP contribution < -0.4 is 11.3 Å². The highest BCUT2D eigenvalue weighted by atomic mass is 32.2. The molecule has 0 amide bonds. The minimum absolute atomic E-state index is 0.0272. The smallest absolute Gasteiger partial charge is 0.303 e. The lowest BCUT2D eigenvalue weighted by Gasteiger charge is -2.11. The van der Waals surface area contributed by atoms with Crippen molar-refractivity contribution in [1.82, 2.24) is 5.43 Å². The van der Waals surface area contributed by atoms with Crippen LogP contribution in [-0.4, -0.2) is 5.17 Å². The molecule has 0 radical (unpaired) electrons. The summed E-state index contributed by atoms with van der Waals surface area (Å²) in [5.74, 6) is 5.28. The average molecular weight is 343 g/mol. The maximum absolute atomic E-state index is 14.2. The van der Waals surface area contributed by atoms with Crippen molar-refractivity contribution in [2.24, 2.45) is 10.8 Å². The summed E-state index contributed by atoms with van der Waals surface area (Å²) in [5, 5.41) is -0.0272. The molecule has 0 heterocycles. The molecule has 0 aromatic heterocycles. The summed E-state index contributed by atoms with van der Waals surface area (Å²) in [6.45, 7) is 0. The third-order valence-corrected chi connectivity index (χ3v) is 3.72. The van der Waals surface area contributed by atoms with Gasteiger partial charge < -0.3 is 5.43 Å². The maximum Gasteiger partial charge on any atom is 0.416 e. The van der Waals surface area contributed by atoms with Gasteiger partial charge >= 0.3 is 6.18 Å². The van der Waals surface area contributed by atoms with Gasteiger partial charge in [0.2, 0.25) is 0 Å². The van der Waals surface area contributed by atoms with Crippen LogP contribution in [0.2, 0.25) is 0 Å². The number of hydrazine groups is 1. The lowest BCUT2D eigenvalue weighted by atomic mass is 10.2. The molecule has 122 valence electrons. The SMILES string of the molecule is NNC(=Nc1cccc(C(F)(F)F)c1)SC(F)c1ccccc1. The molecule has 1 atom stereocenters. The number of thioether (sulfide) groups is 1. The van der Waals surface area contributed by atoms with Crippen LogP contribution in [0.1, 0.15) is 16.6 Å².